The van der Waals surface area contributed by atoms with Crippen LogP contribution in [0.15, 0.2) is 42.9 Å². The van der Waals surface area contributed by atoms with E-state index in [4.69, 9.17) is 9.72 Å². The summed E-state index contributed by atoms with van der Waals surface area (Å²) in [5, 5.41) is 7.07. The number of nitrogens with zero attached hydrogens (tertiary/aromatic N) is 4. The second kappa shape index (κ2) is 12.3. The fourth-order valence-corrected chi connectivity index (χ4v) is 5.42. The Morgan fingerprint density at radius 3 is 2.62 bits per heavy atom. The van der Waals surface area contributed by atoms with Crippen LogP contribution in [0.5, 0.6) is 0 Å². The van der Waals surface area contributed by atoms with Gasteiger partial charge in [0.25, 0.3) is 0 Å². The Balaban J connectivity index is 2.03. The van der Waals surface area contributed by atoms with Crippen LogP contribution in [0.2, 0.25) is 0 Å². The molecule has 1 atom stereocenters. The van der Waals surface area contributed by atoms with Gasteiger partial charge in [-0.05, 0) is 31.7 Å². The number of benzene rings is 1. The third kappa shape index (κ3) is 7.43. The smallest absolute Gasteiger partial charge is 0.301 e. The third-order valence-electron chi connectivity index (χ3n) is 5.73. The predicted octanol–water partition coefficient (Wildman–Crippen LogP) is 4.82. The summed E-state index contributed by atoms with van der Waals surface area (Å²) in [6.07, 6.45) is 1.62. The van der Waals surface area contributed by atoms with Crippen LogP contribution in [0.3, 0.4) is 0 Å². The molecular weight excluding hydrogens is 541 g/mol. The molecule has 0 aliphatic heterocycles. The largest absolute Gasteiger partial charge is 0.483 e. The quantitative estimate of drug-likeness (QED) is 0.262. The van der Waals surface area contributed by atoms with Gasteiger partial charge in [0.1, 0.15) is 0 Å². The molecule has 13 heteroatoms. The Kier molecular flexibility index (Phi) is 9.51. The van der Waals surface area contributed by atoms with E-state index in [-0.39, 0.29) is 29.3 Å². The molecule has 3 rings (SSSR count). The number of aromatic nitrogens is 3. The van der Waals surface area contributed by atoms with Crippen LogP contribution in [0.25, 0.3) is 21.8 Å². The van der Waals surface area contributed by atoms with Crippen LogP contribution in [-0.4, -0.2) is 61.0 Å². The van der Waals surface area contributed by atoms with Crippen molar-refractivity contribution in [1.82, 2.24) is 24.6 Å². The molecular formula is C26H36FN7O3S2. The number of halogens is 1. The van der Waals surface area contributed by atoms with Crippen molar-refractivity contribution in [2.24, 2.45) is 0 Å². The normalized spacial score (nSPS) is 12.7. The van der Waals surface area contributed by atoms with Gasteiger partial charge in [-0.1, -0.05) is 33.8 Å². The van der Waals surface area contributed by atoms with Crippen molar-refractivity contribution in [2.75, 3.05) is 37.3 Å². The maximum absolute atomic E-state index is 15.8. The summed E-state index contributed by atoms with van der Waals surface area (Å²) in [6.45, 7) is 14.2. The van der Waals surface area contributed by atoms with E-state index in [1.165, 1.54) is 31.6 Å². The monoisotopic (exact) mass is 577 g/mol. The van der Waals surface area contributed by atoms with Gasteiger partial charge in [0.05, 0.1) is 34.1 Å². The molecule has 0 saturated heterocycles. The van der Waals surface area contributed by atoms with Crippen LogP contribution in [0, 0.1) is 5.82 Å². The highest BCUT2D eigenvalue weighted by Crippen LogP contribution is 2.42. The highest BCUT2D eigenvalue weighted by molar-refractivity contribution is 7.90. The molecule has 0 aliphatic rings. The molecule has 0 radical (unpaired) electrons. The average molecular weight is 578 g/mol. The minimum absolute atomic E-state index is 0.0106. The lowest BCUT2D eigenvalue weighted by Gasteiger charge is -2.17. The number of methoxy groups -OCH3 is 1. The number of thiazole rings is 1. The van der Waals surface area contributed by atoms with E-state index in [0.717, 1.165) is 9.31 Å². The SMILES string of the molecule is C=C(N[C@@H](C)CNc1nccc(-c2sc(C(C)(C)C)nc2-c2cccc(NS(=O)(=O)N(C)CC)c2F)n1)OC. The molecule has 0 bridgehead atoms. The summed E-state index contributed by atoms with van der Waals surface area (Å²) in [6, 6.07) is 6.29. The lowest BCUT2D eigenvalue weighted by atomic mass is 9.98. The van der Waals surface area contributed by atoms with Crippen molar-refractivity contribution in [3.05, 3.63) is 53.7 Å². The molecule has 10 nitrogen and oxygen atoms in total. The zero-order valence-electron chi connectivity index (χ0n) is 23.3. The molecule has 0 fully saturated rings. The van der Waals surface area contributed by atoms with E-state index in [1.807, 2.05) is 27.7 Å². The van der Waals surface area contributed by atoms with E-state index in [9.17, 15) is 8.42 Å². The van der Waals surface area contributed by atoms with Gasteiger partial charge in [0, 0.05) is 43.4 Å². The van der Waals surface area contributed by atoms with Crippen molar-refractivity contribution in [3.63, 3.8) is 0 Å². The first kappa shape index (κ1) is 30.3. The average Bonchev–Trinajstić information content (AvgIpc) is 3.34. The van der Waals surface area contributed by atoms with Crippen molar-refractivity contribution in [1.29, 1.82) is 0 Å². The number of anilines is 2. The molecule has 212 valence electrons. The van der Waals surface area contributed by atoms with E-state index in [2.05, 4.69) is 31.9 Å². The van der Waals surface area contributed by atoms with Crippen LogP contribution >= 0.6 is 11.3 Å². The second-order valence-corrected chi connectivity index (χ2v) is 12.7. The fraction of sp³-hybridized carbons (Fsp3) is 0.423. The predicted molar refractivity (Wildman–Crippen MR) is 155 cm³/mol. The molecule has 2 heterocycles. The van der Waals surface area contributed by atoms with Crippen molar-refractivity contribution in [3.8, 4) is 21.8 Å². The number of nitrogens with one attached hydrogen (secondary N) is 3. The Hall–Kier alpha value is -3.29. The highest BCUT2D eigenvalue weighted by Gasteiger charge is 2.27. The van der Waals surface area contributed by atoms with E-state index >= 15 is 4.39 Å². The first-order valence-corrected chi connectivity index (χ1v) is 14.6. The molecule has 39 heavy (non-hydrogen) atoms. The molecule has 0 aliphatic carbocycles. The standard InChI is InChI=1S/C26H36FN7O3S2/c1-9-34(7)39(35,36)33-19-12-10-11-18(21(19)27)22-23(38-24(32-22)26(4,5)6)20-13-14-28-25(31-20)29-15-16(2)30-17(3)37-8/h10-14,16,30,33H,3,9,15H2,1-2,4-8H3,(H,28,29,31)/t16-/m0/s1. The van der Waals surface area contributed by atoms with Crippen LogP contribution < -0.4 is 15.4 Å². The molecule has 0 spiro atoms. The minimum Gasteiger partial charge on any atom is -0.483 e. The molecule has 0 saturated carbocycles. The lowest BCUT2D eigenvalue weighted by molar-refractivity contribution is 0.255. The maximum Gasteiger partial charge on any atom is 0.301 e. The van der Waals surface area contributed by atoms with E-state index < -0.39 is 16.0 Å². The van der Waals surface area contributed by atoms with Crippen molar-refractivity contribution < 1.29 is 17.5 Å². The summed E-state index contributed by atoms with van der Waals surface area (Å²) in [4.78, 5) is 14.4. The van der Waals surface area contributed by atoms with Gasteiger partial charge < -0.3 is 15.4 Å². The highest BCUT2D eigenvalue weighted by atomic mass is 32.2. The van der Waals surface area contributed by atoms with Gasteiger partial charge in [-0.3, -0.25) is 4.72 Å². The van der Waals surface area contributed by atoms with Crippen molar-refractivity contribution >= 4 is 33.2 Å². The summed E-state index contributed by atoms with van der Waals surface area (Å²) in [5.41, 5.74) is 0.640. The first-order valence-electron chi connectivity index (χ1n) is 12.4. The molecule has 0 amide bonds. The molecule has 3 N–H and O–H groups in total. The molecule has 2 aromatic heterocycles. The lowest BCUT2D eigenvalue weighted by Crippen LogP contribution is -2.32. The zero-order valence-corrected chi connectivity index (χ0v) is 24.9. The van der Waals surface area contributed by atoms with Gasteiger partial charge >= 0.3 is 10.2 Å². The Labute approximate surface area is 233 Å². The van der Waals surface area contributed by atoms with Crippen LogP contribution in [0.4, 0.5) is 16.0 Å². The summed E-state index contributed by atoms with van der Waals surface area (Å²) >= 11 is 1.41. The second-order valence-electron chi connectivity index (χ2n) is 9.95. The van der Waals surface area contributed by atoms with Crippen LogP contribution in [0.1, 0.15) is 39.6 Å². The summed E-state index contributed by atoms with van der Waals surface area (Å²) in [7, 11) is -0.956. The summed E-state index contributed by atoms with van der Waals surface area (Å²) < 4.78 is 49.5. The summed E-state index contributed by atoms with van der Waals surface area (Å²) in [5.74, 6) is 0.129. The molecule has 1 aromatic carbocycles. The third-order valence-corrected chi connectivity index (χ3v) is 8.79. The van der Waals surface area contributed by atoms with E-state index in [0.29, 0.717) is 34.6 Å². The van der Waals surface area contributed by atoms with E-state index in [1.54, 1.807) is 31.3 Å². The first-order chi connectivity index (χ1) is 18.3. The number of hydrogen-bond acceptors (Lipinski definition) is 9. The van der Waals surface area contributed by atoms with Gasteiger partial charge in [-0.25, -0.2) is 19.3 Å². The fourth-order valence-electron chi connectivity index (χ4n) is 3.38. The minimum atomic E-state index is -3.92. The molecule has 0 unspecified atom stereocenters. The van der Waals surface area contributed by atoms with Gasteiger partial charge in [-0.2, -0.15) is 12.7 Å². The van der Waals surface area contributed by atoms with Crippen molar-refractivity contribution in [2.45, 2.75) is 46.1 Å². The topological polar surface area (TPSA) is 121 Å². The number of ether oxygens (including phenoxy) is 1. The molecule has 3 aromatic rings. The zero-order chi connectivity index (χ0) is 29.0. The van der Waals surface area contributed by atoms with Crippen LogP contribution in [-0.2, 0) is 20.4 Å². The number of hydrogen-bond donors (Lipinski definition) is 3. The number of rotatable bonds is 12. The Bertz CT molecular complexity index is 1420. The van der Waals surface area contributed by atoms with Gasteiger partial charge in [0.2, 0.25) is 5.95 Å². The maximum atomic E-state index is 15.8. The Morgan fingerprint density at radius 2 is 1.97 bits per heavy atom. The van der Waals surface area contributed by atoms with Gasteiger partial charge in [0.15, 0.2) is 11.7 Å². The van der Waals surface area contributed by atoms with Gasteiger partial charge in [-0.15, -0.1) is 11.3 Å². The Morgan fingerprint density at radius 1 is 1.26 bits per heavy atom.